The summed E-state index contributed by atoms with van der Waals surface area (Å²) in [6, 6.07) is 12.3. The van der Waals surface area contributed by atoms with Gasteiger partial charge < -0.3 is 15.2 Å². The molecule has 156 valence electrons. The highest BCUT2D eigenvalue weighted by atomic mass is 32.2. The first-order valence-corrected chi connectivity index (χ1v) is 11.6. The Labute approximate surface area is 183 Å². The largest absolute Gasteiger partial charge is 0.370 e. The Bertz CT molecular complexity index is 1050. The summed E-state index contributed by atoms with van der Waals surface area (Å²) in [4.78, 5) is 27.5. The summed E-state index contributed by atoms with van der Waals surface area (Å²) < 4.78 is 1.82. The molecule has 0 spiro atoms. The molecule has 0 aliphatic carbocycles. The number of primary amides is 1. The fraction of sp³-hybridized carbons (Fsp3) is 0.333. The van der Waals surface area contributed by atoms with Crippen molar-refractivity contribution < 1.29 is 9.59 Å². The van der Waals surface area contributed by atoms with Gasteiger partial charge in [-0.15, -0.1) is 21.5 Å². The first kappa shape index (κ1) is 20.6. The van der Waals surface area contributed by atoms with Crippen molar-refractivity contribution in [3.63, 3.8) is 0 Å². The second kappa shape index (κ2) is 9.01. The van der Waals surface area contributed by atoms with Gasteiger partial charge in [-0.2, -0.15) is 0 Å². The minimum Gasteiger partial charge on any atom is -0.370 e. The van der Waals surface area contributed by atoms with E-state index in [1.807, 2.05) is 34.7 Å². The molecule has 3 aromatic rings. The minimum absolute atomic E-state index is 0.0556. The third kappa shape index (κ3) is 4.27. The molecule has 1 aliphatic rings. The number of nitrogens with zero attached hydrogens (tertiary/aromatic N) is 4. The van der Waals surface area contributed by atoms with E-state index in [0.29, 0.717) is 23.9 Å². The van der Waals surface area contributed by atoms with E-state index in [1.165, 1.54) is 22.2 Å². The highest BCUT2D eigenvalue weighted by molar-refractivity contribution is 7.99. The Hall–Kier alpha value is -2.65. The molecule has 2 aromatic heterocycles. The van der Waals surface area contributed by atoms with Crippen LogP contribution in [0.5, 0.6) is 0 Å². The minimum atomic E-state index is -0.368. The zero-order chi connectivity index (χ0) is 21.1. The monoisotopic (exact) mass is 441 g/mol. The molecule has 1 unspecified atom stereocenters. The average Bonchev–Trinajstić information content (AvgIpc) is 3.37. The zero-order valence-corrected chi connectivity index (χ0v) is 18.3. The second-order valence-corrected chi connectivity index (χ2v) is 9.11. The summed E-state index contributed by atoms with van der Waals surface area (Å²) in [5.41, 5.74) is 7.57. The predicted molar refractivity (Wildman–Crippen MR) is 117 cm³/mol. The van der Waals surface area contributed by atoms with E-state index in [-0.39, 0.29) is 30.0 Å². The van der Waals surface area contributed by atoms with Gasteiger partial charge in [0.2, 0.25) is 11.8 Å². The van der Waals surface area contributed by atoms with Crippen LogP contribution in [0, 0.1) is 0 Å². The molecule has 3 heterocycles. The molecule has 2 N–H and O–H groups in total. The van der Waals surface area contributed by atoms with Crippen molar-refractivity contribution in [3.05, 3.63) is 63.6 Å². The lowest BCUT2D eigenvalue weighted by molar-refractivity contribution is -0.130. The van der Waals surface area contributed by atoms with Crippen LogP contribution in [-0.4, -0.2) is 43.8 Å². The first-order chi connectivity index (χ1) is 14.5. The summed E-state index contributed by atoms with van der Waals surface area (Å²) in [6.07, 6.45) is 1.55. The molecule has 0 bridgehead atoms. The number of fused-ring (bicyclic) bond motifs is 1. The van der Waals surface area contributed by atoms with Gasteiger partial charge in [-0.05, 0) is 29.0 Å². The molecule has 0 saturated heterocycles. The van der Waals surface area contributed by atoms with Gasteiger partial charge in [0.15, 0.2) is 5.16 Å². The molecule has 9 heteroatoms. The van der Waals surface area contributed by atoms with Crippen LogP contribution in [0.2, 0.25) is 0 Å². The van der Waals surface area contributed by atoms with E-state index in [0.717, 1.165) is 12.0 Å². The van der Waals surface area contributed by atoms with Crippen molar-refractivity contribution in [2.24, 2.45) is 12.8 Å². The number of carbonyl (C=O) groups excluding carboxylic acids is 2. The Balaban J connectivity index is 1.48. The van der Waals surface area contributed by atoms with Crippen LogP contribution in [0.25, 0.3) is 0 Å². The quantitative estimate of drug-likeness (QED) is 0.569. The lowest BCUT2D eigenvalue weighted by Crippen LogP contribution is -2.41. The van der Waals surface area contributed by atoms with Crippen LogP contribution in [0.15, 0.2) is 46.9 Å². The van der Waals surface area contributed by atoms with Crippen LogP contribution < -0.4 is 5.73 Å². The SMILES string of the molecule is Cn1c(CCC(N)=O)nnc1SCC(=O)N1CCc2sccc2C1c1ccccc1. The summed E-state index contributed by atoms with van der Waals surface area (Å²) in [5, 5.41) is 11.1. The Morgan fingerprint density at radius 3 is 2.80 bits per heavy atom. The zero-order valence-electron chi connectivity index (χ0n) is 16.7. The van der Waals surface area contributed by atoms with Gasteiger partial charge in [-0.25, -0.2) is 0 Å². The third-order valence-corrected chi connectivity index (χ3v) is 7.25. The topological polar surface area (TPSA) is 94.1 Å². The number of benzene rings is 1. The van der Waals surface area contributed by atoms with E-state index in [4.69, 9.17) is 5.73 Å². The first-order valence-electron chi connectivity index (χ1n) is 9.74. The number of hydrogen-bond acceptors (Lipinski definition) is 6. The molecule has 0 saturated carbocycles. The molecule has 1 aliphatic heterocycles. The Morgan fingerprint density at radius 1 is 1.23 bits per heavy atom. The molecular formula is C21H23N5O2S2. The normalized spacial score (nSPS) is 15.8. The fourth-order valence-corrected chi connectivity index (χ4v) is 5.43. The molecule has 1 aromatic carbocycles. The van der Waals surface area contributed by atoms with Crippen molar-refractivity contribution in [1.82, 2.24) is 19.7 Å². The van der Waals surface area contributed by atoms with E-state index in [2.05, 4.69) is 33.8 Å². The van der Waals surface area contributed by atoms with Gasteiger partial charge in [0, 0.05) is 31.3 Å². The standard InChI is InChI=1S/C21H23N5O2S2/c1-25-18(8-7-17(22)27)23-24-21(25)30-13-19(28)26-11-9-16-15(10-12-29-16)20(26)14-5-3-2-4-6-14/h2-6,10,12,20H,7-9,11,13H2,1H3,(H2,22,27). The summed E-state index contributed by atoms with van der Waals surface area (Å²) in [5.74, 6) is 0.677. The molecular weight excluding hydrogens is 418 g/mol. The van der Waals surface area contributed by atoms with Crippen molar-refractivity contribution in [2.75, 3.05) is 12.3 Å². The summed E-state index contributed by atoms with van der Waals surface area (Å²) in [6.45, 7) is 0.704. The number of rotatable bonds is 7. The maximum absolute atomic E-state index is 13.2. The van der Waals surface area contributed by atoms with Gasteiger partial charge in [0.05, 0.1) is 11.8 Å². The van der Waals surface area contributed by atoms with Crippen LogP contribution in [0.3, 0.4) is 0 Å². The van der Waals surface area contributed by atoms with Gasteiger partial charge in [-0.1, -0.05) is 42.1 Å². The van der Waals surface area contributed by atoms with E-state index in [1.54, 1.807) is 11.3 Å². The predicted octanol–water partition coefficient (Wildman–Crippen LogP) is 2.56. The number of aromatic nitrogens is 3. The smallest absolute Gasteiger partial charge is 0.233 e. The van der Waals surface area contributed by atoms with E-state index >= 15 is 0 Å². The van der Waals surface area contributed by atoms with Gasteiger partial charge in [-0.3, -0.25) is 9.59 Å². The number of nitrogens with two attached hydrogens (primary N) is 1. The average molecular weight is 442 g/mol. The van der Waals surface area contributed by atoms with Crippen LogP contribution in [0.1, 0.15) is 34.3 Å². The fourth-order valence-electron chi connectivity index (χ4n) is 3.71. The van der Waals surface area contributed by atoms with Gasteiger partial charge in [0.1, 0.15) is 5.82 Å². The van der Waals surface area contributed by atoms with E-state index in [9.17, 15) is 9.59 Å². The van der Waals surface area contributed by atoms with Gasteiger partial charge >= 0.3 is 0 Å². The van der Waals surface area contributed by atoms with Crippen molar-refractivity contribution in [1.29, 1.82) is 0 Å². The molecule has 2 amide bonds. The van der Waals surface area contributed by atoms with Crippen molar-refractivity contribution in [3.8, 4) is 0 Å². The van der Waals surface area contributed by atoms with Crippen molar-refractivity contribution >= 4 is 34.9 Å². The summed E-state index contributed by atoms with van der Waals surface area (Å²) >= 11 is 3.13. The van der Waals surface area contributed by atoms with Crippen LogP contribution >= 0.6 is 23.1 Å². The van der Waals surface area contributed by atoms with Crippen molar-refractivity contribution in [2.45, 2.75) is 30.5 Å². The third-order valence-electron chi connectivity index (χ3n) is 5.25. The molecule has 4 rings (SSSR count). The second-order valence-electron chi connectivity index (χ2n) is 7.16. The maximum atomic E-state index is 13.2. The lowest BCUT2D eigenvalue weighted by atomic mass is 9.93. The number of aryl methyl sites for hydroxylation is 1. The summed E-state index contributed by atoms with van der Waals surface area (Å²) in [7, 11) is 1.84. The van der Waals surface area contributed by atoms with E-state index < -0.39 is 0 Å². The number of hydrogen-bond donors (Lipinski definition) is 1. The highest BCUT2D eigenvalue weighted by Crippen LogP contribution is 2.38. The number of carbonyl (C=O) groups is 2. The molecule has 0 radical (unpaired) electrons. The lowest BCUT2D eigenvalue weighted by Gasteiger charge is -2.36. The Morgan fingerprint density at radius 2 is 2.03 bits per heavy atom. The molecule has 1 atom stereocenters. The molecule has 30 heavy (non-hydrogen) atoms. The number of amides is 2. The molecule has 0 fully saturated rings. The van der Waals surface area contributed by atoms with Crippen LogP contribution in [-0.2, 0) is 29.5 Å². The highest BCUT2D eigenvalue weighted by Gasteiger charge is 2.32. The molecule has 7 nitrogen and oxygen atoms in total. The number of thiophene rings is 1. The number of thioether (sulfide) groups is 1. The maximum Gasteiger partial charge on any atom is 0.233 e. The van der Waals surface area contributed by atoms with Crippen LogP contribution in [0.4, 0.5) is 0 Å². The van der Waals surface area contributed by atoms with Gasteiger partial charge in [0.25, 0.3) is 0 Å². The Kier molecular flexibility index (Phi) is 6.19.